The van der Waals surface area contributed by atoms with E-state index in [2.05, 4.69) is 9.97 Å². The molecule has 3 aromatic heterocycles. The van der Waals surface area contributed by atoms with Gasteiger partial charge in [0.2, 0.25) is 5.91 Å². The van der Waals surface area contributed by atoms with Gasteiger partial charge in [0.25, 0.3) is 5.56 Å². The van der Waals surface area contributed by atoms with Crippen molar-refractivity contribution in [3.05, 3.63) is 63.2 Å². The first kappa shape index (κ1) is 19.3. The maximum absolute atomic E-state index is 13.0. The van der Waals surface area contributed by atoms with Crippen LogP contribution in [-0.2, 0) is 25.4 Å². The maximum Gasteiger partial charge on any atom is 0.332 e. The topological polar surface area (TPSA) is 97.9 Å². The number of aromatic amines is 1. The molecule has 0 saturated carbocycles. The highest BCUT2D eigenvalue weighted by Crippen LogP contribution is 2.26. The van der Waals surface area contributed by atoms with E-state index < -0.39 is 5.69 Å². The third kappa shape index (κ3) is 3.17. The van der Waals surface area contributed by atoms with Crippen LogP contribution in [0.15, 0.2) is 46.1 Å². The lowest BCUT2D eigenvalue weighted by Gasteiger charge is -2.32. The molecule has 4 heterocycles. The van der Waals surface area contributed by atoms with Crippen LogP contribution in [-0.4, -0.2) is 47.6 Å². The van der Waals surface area contributed by atoms with Crippen LogP contribution in [0.25, 0.3) is 22.1 Å². The Balaban J connectivity index is 1.40. The van der Waals surface area contributed by atoms with Crippen molar-refractivity contribution in [2.75, 3.05) is 13.1 Å². The minimum Gasteiger partial charge on any atom is -0.340 e. The average Bonchev–Trinajstić information content (AvgIpc) is 3.42. The minimum absolute atomic E-state index is 0.00804. The molecular weight excluding hydrogens is 396 g/mol. The molecule has 0 bridgehead atoms. The number of rotatable bonds is 3. The number of piperidine rings is 1. The number of fused-ring (bicyclic) bond motifs is 2. The number of imidazole rings is 1. The first-order valence-corrected chi connectivity index (χ1v) is 10.4. The van der Waals surface area contributed by atoms with E-state index in [9.17, 15) is 14.4 Å². The smallest absolute Gasteiger partial charge is 0.332 e. The van der Waals surface area contributed by atoms with E-state index in [4.69, 9.17) is 0 Å². The number of benzene rings is 1. The predicted octanol–water partition coefficient (Wildman–Crippen LogP) is 1.32. The minimum atomic E-state index is -0.407. The fourth-order valence-corrected chi connectivity index (χ4v) is 4.49. The predicted molar refractivity (Wildman–Crippen MR) is 117 cm³/mol. The van der Waals surface area contributed by atoms with E-state index in [0.29, 0.717) is 30.1 Å². The first-order chi connectivity index (χ1) is 14.9. The van der Waals surface area contributed by atoms with Gasteiger partial charge in [-0.15, -0.1) is 0 Å². The Morgan fingerprint density at radius 2 is 1.97 bits per heavy atom. The molecule has 1 unspecified atom stereocenters. The van der Waals surface area contributed by atoms with Crippen LogP contribution in [0.5, 0.6) is 0 Å². The van der Waals surface area contributed by atoms with Crippen LogP contribution in [0.2, 0.25) is 0 Å². The number of carbonyl (C=O) groups is 1. The van der Waals surface area contributed by atoms with Gasteiger partial charge in [0.1, 0.15) is 17.9 Å². The van der Waals surface area contributed by atoms with Crippen molar-refractivity contribution in [2.24, 2.45) is 14.1 Å². The molecule has 0 radical (unpaired) electrons. The summed E-state index contributed by atoms with van der Waals surface area (Å²) in [6.45, 7) is 1.52. The Bertz CT molecular complexity index is 1420. The molecule has 9 heteroatoms. The summed E-state index contributed by atoms with van der Waals surface area (Å²) in [5.41, 5.74) is 0.917. The van der Waals surface area contributed by atoms with Gasteiger partial charge in [-0.1, -0.05) is 18.2 Å². The second-order valence-electron chi connectivity index (χ2n) is 8.21. The number of H-pyrrole nitrogens is 1. The largest absolute Gasteiger partial charge is 0.340 e. The highest BCUT2D eigenvalue weighted by atomic mass is 16.2. The summed E-state index contributed by atoms with van der Waals surface area (Å²) in [5.74, 6) is 0.703. The molecule has 1 aliphatic rings. The van der Waals surface area contributed by atoms with Gasteiger partial charge in [-0.2, -0.15) is 0 Å². The zero-order valence-corrected chi connectivity index (χ0v) is 17.5. The number of aromatic nitrogens is 5. The first-order valence-electron chi connectivity index (χ1n) is 10.4. The lowest BCUT2D eigenvalue weighted by atomic mass is 9.97. The lowest BCUT2D eigenvalue weighted by molar-refractivity contribution is -0.133. The normalized spacial score (nSPS) is 17.0. The molecule has 4 aromatic rings. The van der Waals surface area contributed by atoms with E-state index in [1.807, 2.05) is 46.0 Å². The number of amides is 1. The highest BCUT2D eigenvalue weighted by molar-refractivity contribution is 5.83. The van der Waals surface area contributed by atoms with Crippen LogP contribution >= 0.6 is 0 Å². The summed E-state index contributed by atoms with van der Waals surface area (Å²) >= 11 is 0. The molecule has 31 heavy (non-hydrogen) atoms. The number of nitrogens with zero attached hydrogens (tertiary/aromatic N) is 5. The zero-order chi connectivity index (χ0) is 21.7. The molecule has 1 aliphatic heterocycles. The van der Waals surface area contributed by atoms with Crippen molar-refractivity contribution < 1.29 is 4.79 Å². The van der Waals surface area contributed by atoms with Crippen molar-refractivity contribution in [1.82, 2.24) is 28.6 Å². The molecular formula is C22H24N6O3. The number of likely N-dealkylation sites (tertiary alicyclic amines) is 1. The Kier molecular flexibility index (Phi) is 4.53. The van der Waals surface area contributed by atoms with Gasteiger partial charge in [0, 0.05) is 44.8 Å². The van der Waals surface area contributed by atoms with Gasteiger partial charge in [0.05, 0.1) is 0 Å². The Morgan fingerprint density at radius 3 is 2.81 bits per heavy atom. The van der Waals surface area contributed by atoms with E-state index >= 15 is 0 Å². The monoisotopic (exact) mass is 420 g/mol. The van der Waals surface area contributed by atoms with Crippen molar-refractivity contribution in [3.63, 3.8) is 0 Å². The molecule has 1 aromatic carbocycles. The number of aryl methyl sites for hydroxylation is 1. The van der Waals surface area contributed by atoms with Gasteiger partial charge >= 0.3 is 5.69 Å². The van der Waals surface area contributed by atoms with Crippen LogP contribution in [0.4, 0.5) is 0 Å². The summed E-state index contributed by atoms with van der Waals surface area (Å²) in [6.07, 6.45) is 3.67. The standard InChI is InChI=1S/C22H24N6O3/c1-25-20-18(21(30)26(2)22(25)31)23-19(24-20)15-7-5-10-28(12-15)17(29)13-27-11-9-14-6-3-4-8-16(14)27/h3-4,6,8-9,11,15H,5,7,10,12-13H2,1-2H3,(H,23,24). The average molecular weight is 420 g/mol. The Hall–Kier alpha value is -3.62. The van der Waals surface area contributed by atoms with E-state index in [1.165, 1.54) is 11.6 Å². The molecule has 5 rings (SSSR count). The van der Waals surface area contributed by atoms with E-state index in [1.54, 1.807) is 7.05 Å². The van der Waals surface area contributed by atoms with Gasteiger partial charge in [-0.3, -0.25) is 18.7 Å². The van der Waals surface area contributed by atoms with Crippen LogP contribution in [0.3, 0.4) is 0 Å². The van der Waals surface area contributed by atoms with Gasteiger partial charge in [-0.25, -0.2) is 9.78 Å². The number of hydrogen-bond donors (Lipinski definition) is 1. The molecule has 9 nitrogen and oxygen atoms in total. The van der Waals surface area contributed by atoms with Gasteiger partial charge in [-0.05, 0) is 30.4 Å². The van der Waals surface area contributed by atoms with E-state index in [-0.39, 0.29) is 23.9 Å². The summed E-state index contributed by atoms with van der Waals surface area (Å²) in [6, 6.07) is 10.0. The van der Waals surface area contributed by atoms with Crippen molar-refractivity contribution >= 4 is 28.0 Å². The molecule has 1 amide bonds. The summed E-state index contributed by atoms with van der Waals surface area (Å²) in [4.78, 5) is 47.2. The van der Waals surface area contributed by atoms with Crippen LogP contribution < -0.4 is 11.2 Å². The second kappa shape index (κ2) is 7.26. The van der Waals surface area contributed by atoms with Crippen molar-refractivity contribution in [1.29, 1.82) is 0 Å². The molecule has 1 saturated heterocycles. The zero-order valence-electron chi connectivity index (χ0n) is 17.5. The summed E-state index contributed by atoms with van der Waals surface area (Å²) in [5, 5.41) is 1.11. The van der Waals surface area contributed by atoms with Crippen LogP contribution in [0, 0.1) is 0 Å². The summed E-state index contributed by atoms with van der Waals surface area (Å²) < 4.78 is 4.42. The molecule has 0 aliphatic carbocycles. The quantitative estimate of drug-likeness (QED) is 0.541. The number of para-hydroxylation sites is 1. The fourth-order valence-electron chi connectivity index (χ4n) is 4.49. The number of carbonyl (C=O) groups excluding carboxylic acids is 1. The lowest BCUT2D eigenvalue weighted by Crippen LogP contribution is -2.41. The number of hydrogen-bond acceptors (Lipinski definition) is 4. The summed E-state index contributed by atoms with van der Waals surface area (Å²) in [7, 11) is 3.06. The molecule has 160 valence electrons. The maximum atomic E-state index is 13.0. The number of nitrogens with one attached hydrogen (secondary N) is 1. The second-order valence-corrected chi connectivity index (χ2v) is 8.21. The van der Waals surface area contributed by atoms with Crippen LogP contribution in [0.1, 0.15) is 24.6 Å². The Morgan fingerprint density at radius 1 is 1.16 bits per heavy atom. The fraction of sp³-hybridized carbons (Fsp3) is 0.364. The Labute approximate surface area is 177 Å². The van der Waals surface area contributed by atoms with E-state index in [0.717, 1.165) is 28.3 Å². The molecule has 0 spiro atoms. The third-order valence-electron chi connectivity index (χ3n) is 6.26. The SMILES string of the molecule is Cn1c(=O)c2[nH]c(C3CCCN(C(=O)Cn4ccc5ccccc54)C3)nc2n(C)c1=O. The van der Waals surface area contributed by atoms with Gasteiger partial charge < -0.3 is 14.5 Å². The molecule has 1 atom stereocenters. The van der Waals surface area contributed by atoms with Crippen molar-refractivity contribution in [2.45, 2.75) is 25.3 Å². The van der Waals surface area contributed by atoms with Gasteiger partial charge in [0.15, 0.2) is 5.65 Å². The third-order valence-corrected chi connectivity index (χ3v) is 6.26. The highest BCUT2D eigenvalue weighted by Gasteiger charge is 2.28. The van der Waals surface area contributed by atoms with Crippen molar-refractivity contribution in [3.8, 4) is 0 Å². The molecule has 1 N–H and O–H groups in total. The molecule has 1 fully saturated rings.